The van der Waals surface area contributed by atoms with E-state index < -0.39 is 47.4 Å². The van der Waals surface area contributed by atoms with Crippen LogP contribution in [-0.2, 0) is 9.59 Å². The van der Waals surface area contributed by atoms with Crippen LogP contribution in [0.2, 0.25) is 0 Å². The number of piperidine rings is 1. The van der Waals surface area contributed by atoms with Crippen LogP contribution >= 0.6 is 0 Å². The lowest BCUT2D eigenvalue weighted by molar-refractivity contribution is -0.173. The van der Waals surface area contributed by atoms with Crippen molar-refractivity contribution in [2.45, 2.75) is 57.7 Å². The summed E-state index contributed by atoms with van der Waals surface area (Å²) in [5.74, 6) is -4.34. The van der Waals surface area contributed by atoms with Crippen LogP contribution in [0.1, 0.15) is 40.5 Å². The Morgan fingerprint density at radius 1 is 1.23 bits per heavy atom. The number of carboxylic acids is 2. The number of carbonyl (C=O) groups is 2. The first kappa shape index (κ1) is 18.9. The van der Waals surface area contributed by atoms with E-state index in [1.54, 1.807) is 13.8 Å². The maximum absolute atomic E-state index is 11.6. The van der Waals surface area contributed by atoms with E-state index in [2.05, 4.69) is 0 Å². The molecule has 7 nitrogen and oxygen atoms in total. The molecular formula is C15H27NO6. The van der Waals surface area contributed by atoms with Crippen LogP contribution in [0.15, 0.2) is 0 Å². The molecule has 1 fully saturated rings. The van der Waals surface area contributed by atoms with E-state index >= 15 is 0 Å². The number of carboxylic acid groups (broad SMARTS) is 2. The fourth-order valence-electron chi connectivity index (χ4n) is 4.19. The van der Waals surface area contributed by atoms with Gasteiger partial charge >= 0.3 is 11.9 Å². The van der Waals surface area contributed by atoms with E-state index in [0.29, 0.717) is 13.0 Å². The Morgan fingerprint density at radius 2 is 1.77 bits per heavy atom. The lowest BCUT2D eigenvalue weighted by atomic mass is 9.65. The predicted octanol–water partition coefficient (Wildman–Crippen LogP) is 0.394. The highest BCUT2D eigenvalue weighted by Gasteiger charge is 2.55. The first-order chi connectivity index (χ1) is 9.95. The van der Waals surface area contributed by atoms with Crippen molar-refractivity contribution < 1.29 is 30.0 Å². The van der Waals surface area contributed by atoms with Gasteiger partial charge in [0.2, 0.25) is 0 Å². The largest absolute Gasteiger partial charge is 0.481 e. The lowest BCUT2D eigenvalue weighted by Gasteiger charge is -2.59. The minimum atomic E-state index is -1.22. The van der Waals surface area contributed by atoms with Crippen LogP contribution in [0, 0.1) is 11.8 Å². The second-order valence-corrected chi connectivity index (χ2v) is 7.18. The zero-order valence-corrected chi connectivity index (χ0v) is 13.6. The summed E-state index contributed by atoms with van der Waals surface area (Å²) < 4.78 is 0. The summed E-state index contributed by atoms with van der Waals surface area (Å²) in [7, 11) is 0. The van der Waals surface area contributed by atoms with E-state index in [4.69, 9.17) is 5.11 Å². The van der Waals surface area contributed by atoms with Crippen molar-refractivity contribution >= 4 is 11.9 Å². The highest BCUT2D eigenvalue weighted by Crippen LogP contribution is 2.45. The van der Waals surface area contributed by atoms with Crippen molar-refractivity contribution in [1.82, 2.24) is 4.90 Å². The molecule has 0 amide bonds. The molecule has 0 bridgehead atoms. The maximum Gasteiger partial charge on any atom is 0.307 e. The molecule has 0 spiro atoms. The number of likely N-dealkylation sites (tertiary alicyclic amines) is 1. The monoisotopic (exact) mass is 317 g/mol. The number of β-amino-alcohol motifs (C(OH)–C–C–N with tert-alkyl or cyclic N) is 1. The number of hydrogen-bond acceptors (Lipinski definition) is 5. The number of hydrogen-bond donors (Lipinski definition) is 4. The number of aliphatic carboxylic acids is 2. The zero-order chi connectivity index (χ0) is 17.3. The molecule has 0 radical (unpaired) electrons. The molecule has 1 rings (SSSR count). The molecule has 0 aliphatic carbocycles. The number of aliphatic hydroxyl groups excluding tert-OH is 2. The highest BCUT2D eigenvalue weighted by molar-refractivity contribution is 5.78. The Hall–Kier alpha value is -1.18. The van der Waals surface area contributed by atoms with Crippen LogP contribution < -0.4 is 0 Å². The maximum atomic E-state index is 11.6. The molecular weight excluding hydrogens is 290 g/mol. The minimum Gasteiger partial charge on any atom is -0.481 e. The van der Waals surface area contributed by atoms with Crippen LogP contribution in [0.25, 0.3) is 0 Å². The molecule has 0 aromatic rings. The highest BCUT2D eigenvalue weighted by atomic mass is 16.4. The van der Waals surface area contributed by atoms with Gasteiger partial charge in [-0.05, 0) is 34.1 Å². The number of aliphatic hydroxyl groups is 2. The van der Waals surface area contributed by atoms with Gasteiger partial charge in [-0.25, -0.2) is 0 Å². The van der Waals surface area contributed by atoms with E-state index in [-0.39, 0.29) is 6.61 Å². The van der Waals surface area contributed by atoms with Gasteiger partial charge in [-0.1, -0.05) is 0 Å². The molecule has 22 heavy (non-hydrogen) atoms. The molecule has 1 saturated heterocycles. The van der Waals surface area contributed by atoms with Gasteiger partial charge in [0.1, 0.15) is 0 Å². The molecule has 128 valence electrons. The SMILES string of the molecule is CC1(C)CC(O)C(C(CC(=O)O)C(=O)O)C(C)(C)N1CCO. The first-order valence-corrected chi connectivity index (χ1v) is 7.46. The summed E-state index contributed by atoms with van der Waals surface area (Å²) in [5, 5.41) is 38.2. The third kappa shape index (κ3) is 3.59. The summed E-state index contributed by atoms with van der Waals surface area (Å²) in [6, 6.07) is 0. The molecule has 3 unspecified atom stereocenters. The van der Waals surface area contributed by atoms with Crippen molar-refractivity contribution in [3.8, 4) is 0 Å². The predicted molar refractivity (Wildman–Crippen MR) is 79.4 cm³/mol. The van der Waals surface area contributed by atoms with Gasteiger partial charge in [-0.2, -0.15) is 0 Å². The summed E-state index contributed by atoms with van der Waals surface area (Å²) in [6.07, 6.45) is -1.13. The average molecular weight is 317 g/mol. The molecule has 0 aromatic heterocycles. The summed E-state index contributed by atoms with van der Waals surface area (Å²) >= 11 is 0. The van der Waals surface area contributed by atoms with Crippen molar-refractivity contribution in [3.63, 3.8) is 0 Å². The van der Waals surface area contributed by atoms with E-state index in [9.17, 15) is 24.9 Å². The van der Waals surface area contributed by atoms with Gasteiger partial charge in [0, 0.05) is 23.5 Å². The minimum absolute atomic E-state index is 0.0909. The van der Waals surface area contributed by atoms with Crippen molar-refractivity contribution in [2.75, 3.05) is 13.2 Å². The smallest absolute Gasteiger partial charge is 0.307 e. The van der Waals surface area contributed by atoms with Gasteiger partial charge < -0.3 is 20.4 Å². The van der Waals surface area contributed by atoms with Gasteiger partial charge in [0.05, 0.1) is 25.0 Å². The average Bonchev–Trinajstić information content (AvgIpc) is 2.31. The molecule has 7 heteroatoms. The van der Waals surface area contributed by atoms with Gasteiger partial charge in [0.15, 0.2) is 0 Å². The molecule has 1 aliphatic heterocycles. The second kappa shape index (κ2) is 6.52. The Morgan fingerprint density at radius 3 is 2.18 bits per heavy atom. The third-order valence-corrected chi connectivity index (χ3v) is 4.83. The van der Waals surface area contributed by atoms with Crippen LogP contribution in [0.4, 0.5) is 0 Å². The topological polar surface area (TPSA) is 118 Å². The quantitative estimate of drug-likeness (QED) is 0.560. The van der Waals surface area contributed by atoms with Crippen LogP contribution in [0.3, 0.4) is 0 Å². The Bertz CT molecular complexity index is 434. The van der Waals surface area contributed by atoms with Crippen molar-refractivity contribution in [1.29, 1.82) is 0 Å². The molecule has 0 aromatic carbocycles. The van der Waals surface area contributed by atoms with Crippen LogP contribution in [-0.4, -0.2) is 67.6 Å². The summed E-state index contributed by atoms with van der Waals surface area (Å²) in [5.41, 5.74) is -1.18. The van der Waals surface area contributed by atoms with Gasteiger partial charge in [-0.15, -0.1) is 0 Å². The summed E-state index contributed by atoms with van der Waals surface area (Å²) in [6.45, 7) is 7.70. The number of rotatable bonds is 6. The Balaban J connectivity index is 3.26. The van der Waals surface area contributed by atoms with E-state index in [0.717, 1.165) is 0 Å². The molecule has 4 N–H and O–H groups in total. The first-order valence-electron chi connectivity index (χ1n) is 7.46. The number of nitrogens with zero attached hydrogens (tertiary/aromatic N) is 1. The molecule has 3 atom stereocenters. The Labute approximate surface area is 130 Å². The van der Waals surface area contributed by atoms with Crippen molar-refractivity contribution in [2.24, 2.45) is 11.8 Å². The van der Waals surface area contributed by atoms with E-state index in [1.165, 1.54) is 0 Å². The lowest BCUT2D eigenvalue weighted by Crippen LogP contribution is -2.68. The molecule has 1 heterocycles. The fourth-order valence-corrected chi connectivity index (χ4v) is 4.19. The van der Waals surface area contributed by atoms with Gasteiger partial charge in [-0.3, -0.25) is 14.5 Å². The molecule has 0 saturated carbocycles. The fraction of sp³-hybridized carbons (Fsp3) is 0.867. The normalized spacial score (nSPS) is 29.0. The molecule has 1 aliphatic rings. The van der Waals surface area contributed by atoms with E-state index in [1.807, 2.05) is 18.7 Å². The van der Waals surface area contributed by atoms with Crippen LogP contribution in [0.5, 0.6) is 0 Å². The second-order valence-electron chi connectivity index (χ2n) is 7.18. The Kier molecular flexibility index (Phi) is 5.59. The summed E-state index contributed by atoms with van der Waals surface area (Å²) in [4.78, 5) is 24.5. The zero-order valence-electron chi connectivity index (χ0n) is 13.6. The standard InChI is InChI=1S/C15H27NO6/c1-14(2)8-10(18)12(9(13(21)22)7-11(19)20)15(3,4)16(14)5-6-17/h9-10,12,17-18H,5-8H2,1-4H3,(H,19,20)(H,21,22). The van der Waals surface area contributed by atoms with Gasteiger partial charge in [0.25, 0.3) is 0 Å². The third-order valence-electron chi connectivity index (χ3n) is 4.83. The van der Waals surface area contributed by atoms with Crippen molar-refractivity contribution in [3.05, 3.63) is 0 Å².